The van der Waals surface area contributed by atoms with Gasteiger partial charge in [-0.3, -0.25) is 4.79 Å². The normalized spacial score (nSPS) is 14.8. The third-order valence-corrected chi connectivity index (χ3v) is 5.36. The van der Waals surface area contributed by atoms with Crippen LogP contribution >= 0.6 is 0 Å². The Kier molecular flexibility index (Phi) is 5.88. The van der Waals surface area contributed by atoms with Crippen molar-refractivity contribution >= 4 is 29.3 Å². The van der Waals surface area contributed by atoms with Crippen molar-refractivity contribution in [3.05, 3.63) is 48.1 Å². The molecule has 0 aliphatic carbocycles. The number of rotatable bonds is 5. The minimum atomic E-state index is -0.509. The molecule has 8 heteroatoms. The summed E-state index contributed by atoms with van der Waals surface area (Å²) in [4.78, 5) is 28.9. The minimum absolute atomic E-state index is 0.130. The second kappa shape index (κ2) is 8.75. The lowest BCUT2D eigenvalue weighted by Crippen LogP contribution is -2.39. The van der Waals surface area contributed by atoms with Gasteiger partial charge in [0.25, 0.3) is 0 Å². The Hall–Kier alpha value is -3.42. The molecular formula is C23H24FN3O4. The SMILES string of the molecule is CC(C)OC(=O)N1CCC(c2nc3ccc(-c4ccc(NC=O)c(F)c4)cc3o2)CC1. The Morgan fingerprint density at radius 1 is 1.23 bits per heavy atom. The van der Waals surface area contributed by atoms with Crippen LogP contribution in [-0.2, 0) is 9.53 Å². The van der Waals surface area contributed by atoms with Gasteiger partial charge in [0.2, 0.25) is 6.41 Å². The molecule has 1 fully saturated rings. The molecule has 1 aromatic heterocycles. The number of benzene rings is 2. The molecule has 7 nitrogen and oxygen atoms in total. The smallest absolute Gasteiger partial charge is 0.410 e. The molecule has 2 heterocycles. The van der Waals surface area contributed by atoms with Crippen molar-refractivity contribution in [1.82, 2.24) is 9.88 Å². The molecule has 31 heavy (non-hydrogen) atoms. The van der Waals surface area contributed by atoms with Crippen LogP contribution in [0.3, 0.4) is 0 Å². The number of oxazole rings is 1. The lowest BCUT2D eigenvalue weighted by molar-refractivity contribution is -0.105. The molecule has 0 saturated carbocycles. The van der Waals surface area contributed by atoms with Crippen LogP contribution in [0.2, 0.25) is 0 Å². The maximum absolute atomic E-state index is 14.1. The Morgan fingerprint density at radius 2 is 1.94 bits per heavy atom. The lowest BCUT2D eigenvalue weighted by atomic mass is 9.97. The van der Waals surface area contributed by atoms with Crippen LogP contribution in [0.5, 0.6) is 0 Å². The number of nitrogens with one attached hydrogen (secondary N) is 1. The first-order valence-corrected chi connectivity index (χ1v) is 10.3. The molecule has 1 aliphatic heterocycles. The highest BCUT2D eigenvalue weighted by atomic mass is 19.1. The number of carbonyl (C=O) groups is 2. The van der Waals surface area contributed by atoms with Crippen LogP contribution in [0.15, 0.2) is 40.8 Å². The van der Waals surface area contributed by atoms with Gasteiger partial charge in [-0.15, -0.1) is 0 Å². The third kappa shape index (κ3) is 4.52. The van der Waals surface area contributed by atoms with E-state index in [1.807, 2.05) is 32.0 Å². The molecule has 0 spiro atoms. The zero-order chi connectivity index (χ0) is 22.0. The number of anilines is 1. The van der Waals surface area contributed by atoms with Crippen LogP contribution in [-0.4, -0.2) is 41.6 Å². The van der Waals surface area contributed by atoms with Crippen LogP contribution < -0.4 is 5.32 Å². The predicted octanol–water partition coefficient (Wildman–Crippen LogP) is 4.93. The van der Waals surface area contributed by atoms with E-state index in [0.717, 1.165) is 23.9 Å². The van der Waals surface area contributed by atoms with E-state index in [0.29, 0.717) is 36.5 Å². The summed E-state index contributed by atoms with van der Waals surface area (Å²) in [5, 5.41) is 2.33. The average molecular weight is 425 g/mol. The number of piperidine rings is 1. The quantitative estimate of drug-likeness (QED) is 0.586. The van der Waals surface area contributed by atoms with Gasteiger partial charge in [-0.1, -0.05) is 12.1 Å². The molecule has 0 bridgehead atoms. The van der Waals surface area contributed by atoms with E-state index >= 15 is 0 Å². The van der Waals surface area contributed by atoms with Crippen molar-refractivity contribution in [2.75, 3.05) is 18.4 Å². The van der Waals surface area contributed by atoms with Gasteiger partial charge in [0.1, 0.15) is 11.3 Å². The van der Waals surface area contributed by atoms with E-state index in [1.54, 1.807) is 11.0 Å². The summed E-state index contributed by atoms with van der Waals surface area (Å²) in [6.07, 6.45) is 1.53. The Labute approximate surface area is 179 Å². The highest BCUT2D eigenvalue weighted by Crippen LogP contribution is 2.32. The van der Waals surface area contributed by atoms with Gasteiger partial charge < -0.3 is 19.4 Å². The summed E-state index contributed by atoms with van der Waals surface area (Å²) in [7, 11) is 0. The second-order valence-corrected chi connectivity index (χ2v) is 7.89. The zero-order valence-electron chi connectivity index (χ0n) is 17.4. The molecule has 162 valence electrons. The number of hydrogen-bond donors (Lipinski definition) is 1. The summed E-state index contributed by atoms with van der Waals surface area (Å²) >= 11 is 0. The molecule has 3 aromatic rings. The zero-order valence-corrected chi connectivity index (χ0v) is 17.4. The van der Waals surface area contributed by atoms with Gasteiger partial charge in [0.05, 0.1) is 11.8 Å². The van der Waals surface area contributed by atoms with E-state index in [9.17, 15) is 14.0 Å². The van der Waals surface area contributed by atoms with Gasteiger partial charge >= 0.3 is 6.09 Å². The van der Waals surface area contributed by atoms with E-state index in [2.05, 4.69) is 10.3 Å². The van der Waals surface area contributed by atoms with E-state index < -0.39 is 5.82 Å². The third-order valence-electron chi connectivity index (χ3n) is 5.36. The van der Waals surface area contributed by atoms with Crippen molar-refractivity contribution < 1.29 is 23.1 Å². The molecular weight excluding hydrogens is 401 g/mol. The summed E-state index contributed by atoms with van der Waals surface area (Å²) in [5.74, 6) is 0.275. The summed E-state index contributed by atoms with van der Waals surface area (Å²) < 4.78 is 25.4. The van der Waals surface area contributed by atoms with Crippen molar-refractivity contribution in [2.24, 2.45) is 0 Å². The van der Waals surface area contributed by atoms with Gasteiger partial charge in [-0.05, 0) is 62.1 Å². The summed E-state index contributed by atoms with van der Waals surface area (Å²) in [6.45, 7) is 4.87. The maximum atomic E-state index is 14.1. The molecule has 4 rings (SSSR count). The first-order valence-electron chi connectivity index (χ1n) is 10.3. The number of nitrogens with zero attached hydrogens (tertiary/aromatic N) is 2. The molecule has 0 atom stereocenters. The number of amides is 2. The van der Waals surface area contributed by atoms with Gasteiger partial charge in [-0.2, -0.15) is 0 Å². The largest absolute Gasteiger partial charge is 0.447 e. The number of likely N-dealkylation sites (tertiary alicyclic amines) is 1. The molecule has 1 aliphatic rings. The highest BCUT2D eigenvalue weighted by molar-refractivity contribution is 5.81. The van der Waals surface area contributed by atoms with Gasteiger partial charge in [-0.25, -0.2) is 14.2 Å². The van der Waals surface area contributed by atoms with Gasteiger partial charge in [0, 0.05) is 19.0 Å². The standard InChI is InChI=1S/C23H24FN3O4/c1-14(2)30-23(29)27-9-7-15(8-10-27)22-26-20-6-4-17(12-21(20)31-22)16-3-5-19(25-13-28)18(24)11-16/h3-6,11-15H,7-10H2,1-2H3,(H,25,28). The molecule has 0 radical (unpaired) electrons. The van der Waals surface area contributed by atoms with Crippen molar-refractivity contribution in [1.29, 1.82) is 0 Å². The first-order chi connectivity index (χ1) is 14.9. The minimum Gasteiger partial charge on any atom is -0.447 e. The number of halogens is 1. The van der Waals surface area contributed by atoms with Crippen LogP contribution in [0.4, 0.5) is 14.9 Å². The van der Waals surface area contributed by atoms with E-state index in [-0.39, 0.29) is 23.8 Å². The molecule has 1 N–H and O–H groups in total. The van der Waals surface area contributed by atoms with E-state index in [1.165, 1.54) is 12.1 Å². The Balaban J connectivity index is 1.49. The number of carbonyl (C=O) groups excluding carboxylic acids is 2. The Bertz CT molecular complexity index is 1100. The molecule has 2 amide bonds. The average Bonchev–Trinajstić information content (AvgIpc) is 3.18. The van der Waals surface area contributed by atoms with Crippen molar-refractivity contribution in [3.63, 3.8) is 0 Å². The van der Waals surface area contributed by atoms with Crippen LogP contribution in [0.1, 0.15) is 38.5 Å². The van der Waals surface area contributed by atoms with Crippen LogP contribution in [0, 0.1) is 5.82 Å². The fourth-order valence-corrected chi connectivity index (χ4v) is 3.76. The molecule has 0 unspecified atom stereocenters. The van der Waals surface area contributed by atoms with Crippen molar-refractivity contribution in [3.8, 4) is 11.1 Å². The Morgan fingerprint density at radius 3 is 2.61 bits per heavy atom. The fraction of sp³-hybridized carbons (Fsp3) is 0.348. The topological polar surface area (TPSA) is 84.7 Å². The maximum Gasteiger partial charge on any atom is 0.410 e. The van der Waals surface area contributed by atoms with Crippen LogP contribution in [0.25, 0.3) is 22.2 Å². The molecule has 1 saturated heterocycles. The highest BCUT2D eigenvalue weighted by Gasteiger charge is 2.28. The second-order valence-electron chi connectivity index (χ2n) is 7.89. The summed E-state index contributed by atoms with van der Waals surface area (Å²) in [5.41, 5.74) is 2.96. The first kappa shape index (κ1) is 20.8. The number of hydrogen-bond acceptors (Lipinski definition) is 5. The number of aromatic nitrogens is 1. The predicted molar refractivity (Wildman–Crippen MR) is 114 cm³/mol. The lowest BCUT2D eigenvalue weighted by Gasteiger charge is -2.30. The van der Waals surface area contributed by atoms with E-state index in [4.69, 9.17) is 9.15 Å². The molecule has 2 aromatic carbocycles. The monoisotopic (exact) mass is 425 g/mol. The fourth-order valence-electron chi connectivity index (χ4n) is 3.76. The van der Waals surface area contributed by atoms with Crippen molar-refractivity contribution in [2.45, 2.75) is 38.7 Å². The number of ether oxygens (including phenoxy) is 1. The number of fused-ring (bicyclic) bond motifs is 1. The van der Waals surface area contributed by atoms with Gasteiger partial charge in [0.15, 0.2) is 11.5 Å². The summed E-state index contributed by atoms with van der Waals surface area (Å²) in [6, 6.07) is 10.2.